The van der Waals surface area contributed by atoms with Crippen LogP contribution in [0, 0.1) is 0 Å². The molecule has 0 bridgehead atoms. The molecule has 8 heteroatoms. The van der Waals surface area contributed by atoms with Gasteiger partial charge in [-0.3, -0.25) is 17.9 Å². The zero-order chi connectivity index (χ0) is 25.2. The number of nitrogens with zero attached hydrogens (tertiary/aromatic N) is 1. The Kier molecular flexibility index (Phi) is 6.65. The third-order valence-electron chi connectivity index (χ3n) is 5.48. The number of hydrogen-bond donors (Lipinski definition) is 2. The fourth-order valence-corrected chi connectivity index (χ4v) is 5.59. The first-order chi connectivity index (χ1) is 15.7. The Bertz CT molecular complexity index is 1150. The van der Waals surface area contributed by atoms with Gasteiger partial charge in [0.05, 0.1) is 19.2 Å². The molecule has 3 rings (SSSR count). The number of carbonyl (C=O) groups is 2. The molecule has 1 aromatic heterocycles. The second kappa shape index (κ2) is 8.76. The summed E-state index contributed by atoms with van der Waals surface area (Å²) in [5, 5.41) is 7.81. The summed E-state index contributed by atoms with van der Waals surface area (Å²) in [5.41, 5.74) is 2.08. The van der Waals surface area contributed by atoms with Gasteiger partial charge in [-0.2, -0.15) is 11.3 Å². The molecule has 0 saturated heterocycles. The molecule has 1 unspecified atom stereocenters. The smallest absolute Gasteiger partial charge is 0.268 e. The van der Waals surface area contributed by atoms with Gasteiger partial charge in [-0.05, 0) is 101 Å². The number of hydrogen-bond acceptors (Lipinski definition) is 5. The van der Waals surface area contributed by atoms with Crippen molar-refractivity contribution >= 4 is 37.1 Å². The average molecular weight is 502 g/mol. The zero-order valence-corrected chi connectivity index (χ0v) is 22.3. The van der Waals surface area contributed by atoms with Crippen LogP contribution >= 0.6 is 19.6 Å². The van der Waals surface area contributed by atoms with E-state index in [0.29, 0.717) is 17.0 Å². The van der Waals surface area contributed by atoms with Crippen molar-refractivity contribution in [1.82, 2.24) is 5.32 Å². The van der Waals surface area contributed by atoms with E-state index in [0.717, 1.165) is 10.6 Å². The number of nitrogens with two attached hydrogens (primary N) is 1. The summed E-state index contributed by atoms with van der Waals surface area (Å²) in [6.07, 6.45) is 11.6. The van der Waals surface area contributed by atoms with Crippen LogP contribution in [0.1, 0.15) is 17.2 Å². The highest BCUT2D eigenvalue weighted by molar-refractivity contribution is 8.62. The number of ether oxygens (including phenoxy) is 1. The van der Waals surface area contributed by atoms with Gasteiger partial charge in [0.25, 0.3) is 5.91 Å². The molecule has 3 N–H and O–H groups in total. The summed E-state index contributed by atoms with van der Waals surface area (Å²) in [6, 6.07) is 15.8. The summed E-state index contributed by atoms with van der Waals surface area (Å²) >= 11 is 1.52. The molecule has 0 fully saturated rings. The lowest BCUT2D eigenvalue weighted by molar-refractivity contribution is -0.127. The number of nitrogens with one attached hydrogen (secondary N) is 1. The first-order valence-corrected chi connectivity index (χ1v) is 16.3. The molecule has 2 amide bonds. The molecule has 0 saturated carbocycles. The van der Waals surface area contributed by atoms with E-state index < -0.39 is 20.2 Å². The minimum atomic E-state index is -2.38. The summed E-state index contributed by atoms with van der Waals surface area (Å²) in [4.78, 5) is 27.5. The van der Waals surface area contributed by atoms with Gasteiger partial charge in [0.1, 0.15) is 11.8 Å². The van der Waals surface area contributed by atoms with Gasteiger partial charge in [0.2, 0.25) is 5.91 Å². The van der Waals surface area contributed by atoms with E-state index in [1.807, 2.05) is 41.1 Å². The Labute approximate surface area is 205 Å². The maximum atomic E-state index is 13.5. The van der Waals surface area contributed by atoms with E-state index in [2.05, 4.69) is 36.6 Å². The van der Waals surface area contributed by atoms with Crippen LogP contribution in [0.3, 0.4) is 0 Å². The van der Waals surface area contributed by atoms with Crippen LogP contribution < -0.4 is 20.9 Å². The highest BCUT2D eigenvalue weighted by Crippen LogP contribution is 2.81. The van der Waals surface area contributed by atoms with Crippen molar-refractivity contribution in [3.05, 3.63) is 76.5 Å². The molecule has 3 aromatic rings. The minimum absolute atomic E-state index is 0.187. The van der Waals surface area contributed by atoms with Gasteiger partial charge in [0, 0.05) is 0 Å². The molecule has 0 aliphatic heterocycles. The summed E-state index contributed by atoms with van der Waals surface area (Å²) in [5.74, 6) is 6.26. The number of methoxy groups -OCH3 is 1. The maximum absolute atomic E-state index is 13.5. The lowest BCUT2D eigenvalue weighted by atomic mass is 10.0. The molecule has 1 atom stereocenters. The van der Waals surface area contributed by atoms with Crippen molar-refractivity contribution in [2.24, 2.45) is 5.84 Å². The second-order valence-electron chi connectivity index (χ2n) is 11.4. The first-order valence-electron chi connectivity index (χ1n) is 10.8. The summed E-state index contributed by atoms with van der Waals surface area (Å²) in [7, 11) is -0.804. The van der Waals surface area contributed by atoms with Crippen molar-refractivity contribution in [3.8, 4) is 5.75 Å². The lowest BCUT2D eigenvalue weighted by Crippen LogP contribution is -2.47. The number of amides is 2. The lowest BCUT2D eigenvalue weighted by Gasteiger charge is -2.66. The van der Waals surface area contributed by atoms with Crippen LogP contribution in [0.5, 0.6) is 5.75 Å². The molecule has 0 radical (unpaired) electrons. The van der Waals surface area contributed by atoms with Crippen LogP contribution in [-0.4, -0.2) is 50.2 Å². The molecule has 184 valence electrons. The Hall–Kier alpha value is -2.81. The summed E-state index contributed by atoms with van der Waals surface area (Å²) in [6.45, 7) is 0. The van der Waals surface area contributed by atoms with E-state index in [4.69, 9.17) is 10.6 Å². The van der Waals surface area contributed by atoms with Gasteiger partial charge < -0.3 is 10.1 Å². The SMILES string of the molecule is COc1ccc(C(NC(=O)Cc2ccsc2)C(=O)N(N)c2ccc(S(C)(C)(C)(C)C)cc2)cc1. The van der Waals surface area contributed by atoms with Crippen LogP contribution in [0.15, 0.2) is 70.3 Å². The highest BCUT2D eigenvalue weighted by Gasteiger charge is 2.39. The number of anilines is 1. The van der Waals surface area contributed by atoms with Gasteiger partial charge in [-0.15, -0.1) is 0 Å². The number of hydrazine groups is 1. The molecule has 0 spiro atoms. The van der Waals surface area contributed by atoms with E-state index in [1.165, 1.54) is 16.2 Å². The quantitative estimate of drug-likeness (QED) is 0.271. The van der Waals surface area contributed by atoms with Gasteiger partial charge in [-0.1, -0.05) is 12.1 Å². The number of thiophene rings is 1. The van der Waals surface area contributed by atoms with Crippen molar-refractivity contribution in [2.75, 3.05) is 43.4 Å². The predicted molar refractivity (Wildman–Crippen MR) is 145 cm³/mol. The average Bonchev–Trinajstić information content (AvgIpc) is 3.28. The number of carbonyl (C=O) groups excluding carboxylic acids is 2. The van der Waals surface area contributed by atoms with E-state index in [9.17, 15) is 9.59 Å². The van der Waals surface area contributed by atoms with E-state index in [1.54, 1.807) is 31.4 Å². The fourth-order valence-electron chi connectivity index (χ4n) is 3.43. The van der Waals surface area contributed by atoms with Crippen molar-refractivity contribution in [1.29, 1.82) is 0 Å². The fraction of sp³-hybridized carbons (Fsp3) is 0.308. The normalized spacial score (nSPS) is 14.4. The zero-order valence-electron chi connectivity index (χ0n) is 20.7. The molecule has 0 aliphatic carbocycles. The Morgan fingerprint density at radius 3 is 2.12 bits per heavy atom. The third kappa shape index (κ3) is 6.40. The minimum Gasteiger partial charge on any atom is -0.497 e. The third-order valence-corrected chi connectivity index (χ3v) is 8.84. The van der Waals surface area contributed by atoms with Crippen molar-refractivity contribution in [2.45, 2.75) is 17.4 Å². The monoisotopic (exact) mass is 501 g/mol. The van der Waals surface area contributed by atoms with Gasteiger partial charge >= 0.3 is 0 Å². The second-order valence-corrected chi connectivity index (χ2v) is 22.8. The Morgan fingerprint density at radius 2 is 1.62 bits per heavy atom. The van der Waals surface area contributed by atoms with E-state index >= 15 is 0 Å². The molecule has 0 aliphatic rings. The molecule has 6 nitrogen and oxygen atoms in total. The van der Waals surface area contributed by atoms with Crippen LogP contribution in [-0.2, 0) is 16.0 Å². The topological polar surface area (TPSA) is 84.7 Å². The molecular formula is C26H35N3O3S2. The Balaban J connectivity index is 1.88. The number of benzene rings is 2. The molecular weight excluding hydrogens is 466 g/mol. The van der Waals surface area contributed by atoms with Crippen LogP contribution in [0.25, 0.3) is 0 Å². The van der Waals surface area contributed by atoms with E-state index in [-0.39, 0.29) is 12.3 Å². The first kappa shape index (κ1) is 25.8. The predicted octanol–water partition coefficient (Wildman–Crippen LogP) is 4.45. The molecule has 1 heterocycles. The largest absolute Gasteiger partial charge is 0.497 e. The standard InChI is InChI=1S/C26H35N3O3S2/c1-32-22-11-7-20(8-12-22)25(28-24(30)17-19-15-16-33-18-19)26(31)29(27)21-9-13-23(14-10-21)34(2,3,4,5)6/h7-16,18,25H,17,27H2,1-6H3,(H,28,30). The molecule has 2 aromatic carbocycles. The summed E-state index contributed by atoms with van der Waals surface area (Å²) < 4.78 is 5.23. The van der Waals surface area contributed by atoms with Crippen molar-refractivity contribution in [3.63, 3.8) is 0 Å². The maximum Gasteiger partial charge on any atom is 0.268 e. The number of rotatable bonds is 8. The van der Waals surface area contributed by atoms with Gasteiger partial charge in [-0.25, -0.2) is 10.9 Å². The van der Waals surface area contributed by atoms with Gasteiger partial charge in [0.15, 0.2) is 0 Å². The van der Waals surface area contributed by atoms with Crippen LogP contribution in [0.2, 0.25) is 0 Å². The van der Waals surface area contributed by atoms with Crippen molar-refractivity contribution < 1.29 is 14.3 Å². The Morgan fingerprint density at radius 1 is 1.00 bits per heavy atom. The molecule has 34 heavy (non-hydrogen) atoms. The highest BCUT2D eigenvalue weighted by atomic mass is 32.4. The van der Waals surface area contributed by atoms with Crippen LogP contribution in [0.4, 0.5) is 5.69 Å².